The number of nitrogens with zero attached hydrogens (tertiary/aromatic N) is 2. The smallest absolute Gasteiger partial charge is 0.229 e. The molecule has 0 aliphatic carbocycles. The van der Waals surface area contributed by atoms with Crippen molar-refractivity contribution in [1.29, 1.82) is 0 Å². The monoisotopic (exact) mass is 319 g/mol. The third kappa shape index (κ3) is 3.14. The second kappa shape index (κ2) is 6.23. The number of hydrogen-bond acceptors (Lipinski definition) is 5. The van der Waals surface area contributed by atoms with Gasteiger partial charge in [0.1, 0.15) is 5.82 Å². The molecule has 5 nitrogen and oxygen atoms in total. The summed E-state index contributed by atoms with van der Waals surface area (Å²) in [6, 6.07) is 6.14. The molecule has 0 spiro atoms. The third-order valence-corrected chi connectivity index (χ3v) is 4.21. The Morgan fingerprint density at radius 3 is 2.55 bits per heavy atom. The van der Waals surface area contributed by atoms with E-state index < -0.39 is 0 Å². The zero-order chi connectivity index (χ0) is 15.5. The molecule has 0 unspecified atom stereocenters. The predicted octanol–water partition coefficient (Wildman–Crippen LogP) is 2.51. The first-order valence-electron chi connectivity index (χ1n) is 6.92. The molecule has 0 saturated carbocycles. The van der Waals surface area contributed by atoms with Gasteiger partial charge in [0.15, 0.2) is 5.13 Å². The largest absolute Gasteiger partial charge is 0.360 e. The van der Waals surface area contributed by atoms with Gasteiger partial charge in [-0.05, 0) is 24.3 Å². The lowest BCUT2D eigenvalue weighted by atomic mass is 10.2. The van der Waals surface area contributed by atoms with Crippen LogP contribution < -0.4 is 5.32 Å². The molecule has 1 aromatic heterocycles. The molecule has 1 aliphatic heterocycles. The molecule has 2 heterocycles. The van der Waals surface area contributed by atoms with E-state index in [0.717, 1.165) is 11.3 Å². The molecule has 1 N–H and O–H groups in total. The van der Waals surface area contributed by atoms with E-state index in [4.69, 9.17) is 0 Å². The molecule has 3 rings (SSSR count). The zero-order valence-electron chi connectivity index (χ0n) is 11.7. The number of aromatic nitrogens is 1. The Hall–Kier alpha value is -2.28. The molecular weight excluding hydrogens is 305 g/mol. The zero-order valence-corrected chi connectivity index (χ0v) is 12.5. The Morgan fingerprint density at radius 2 is 1.86 bits per heavy atom. The Kier molecular flexibility index (Phi) is 4.15. The Bertz CT molecular complexity index is 683. The number of carbonyl (C=O) groups excluding carboxylic acids is 2. The van der Waals surface area contributed by atoms with E-state index in [0.29, 0.717) is 31.1 Å². The van der Waals surface area contributed by atoms with Gasteiger partial charge in [0.25, 0.3) is 0 Å². The Balaban J connectivity index is 1.57. The minimum Gasteiger partial charge on any atom is -0.360 e. The number of hydrogen-bond donors (Lipinski definition) is 1. The van der Waals surface area contributed by atoms with Crippen LogP contribution in [-0.2, 0) is 9.59 Å². The molecule has 1 saturated heterocycles. The minimum atomic E-state index is -0.280. The van der Waals surface area contributed by atoms with Crippen LogP contribution in [0.15, 0.2) is 29.6 Å². The molecule has 1 aliphatic rings. The quantitative estimate of drug-likeness (QED) is 0.860. The van der Waals surface area contributed by atoms with Crippen molar-refractivity contribution < 1.29 is 14.0 Å². The van der Waals surface area contributed by atoms with Crippen LogP contribution in [0.3, 0.4) is 0 Å². The van der Waals surface area contributed by atoms with Gasteiger partial charge in [-0.1, -0.05) is 0 Å². The predicted molar refractivity (Wildman–Crippen MR) is 82.0 cm³/mol. The Labute approximate surface area is 130 Å². The van der Waals surface area contributed by atoms with E-state index in [2.05, 4.69) is 10.3 Å². The summed E-state index contributed by atoms with van der Waals surface area (Å²) in [5.41, 5.74) is 1.61. The summed E-state index contributed by atoms with van der Waals surface area (Å²) in [6.07, 6.45) is 0.621. The first-order chi connectivity index (χ1) is 10.6. The first kappa shape index (κ1) is 14.6. The van der Waals surface area contributed by atoms with Crippen LogP contribution >= 0.6 is 11.3 Å². The second-order valence-electron chi connectivity index (χ2n) is 4.91. The molecule has 2 aromatic rings. The van der Waals surface area contributed by atoms with Crippen LogP contribution in [0.2, 0.25) is 0 Å². The van der Waals surface area contributed by atoms with Crippen LogP contribution in [0, 0.1) is 5.82 Å². The van der Waals surface area contributed by atoms with E-state index >= 15 is 0 Å². The van der Waals surface area contributed by atoms with Gasteiger partial charge in [0.2, 0.25) is 11.8 Å². The molecule has 0 radical (unpaired) electrons. The molecule has 0 bridgehead atoms. The number of amides is 2. The van der Waals surface area contributed by atoms with Crippen molar-refractivity contribution in [3.05, 3.63) is 35.5 Å². The molecule has 0 atom stereocenters. The van der Waals surface area contributed by atoms with Gasteiger partial charge in [-0.15, -0.1) is 11.3 Å². The number of halogens is 1. The van der Waals surface area contributed by atoms with E-state index in [1.165, 1.54) is 28.4 Å². The number of carbonyl (C=O) groups is 2. The van der Waals surface area contributed by atoms with Gasteiger partial charge in [-0.25, -0.2) is 9.37 Å². The van der Waals surface area contributed by atoms with Gasteiger partial charge < -0.3 is 5.32 Å². The molecule has 22 heavy (non-hydrogen) atoms. The van der Waals surface area contributed by atoms with Crippen molar-refractivity contribution in [2.24, 2.45) is 0 Å². The number of rotatable bonds is 5. The van der Waals surface area contributed by atoms with Crippen molar-refractivity contribution >= 4 is 28.3 Å². The van der Waals surface area contributed by atoms with E-state index in [-0.39, 0.29) is 17.6 Å². The van der Waals surface area contributed by atoms with Crippen molar-refractivity contribution in [2.75, 3.05) is 18.4 Å². The minimum absolute atomic E-state index is 0.113. The highest BCUT2D eigenvalue weighted by atomic mass is 32.1. The summed E-state index contributed by atoms with van der Waals surface area (Å²) < 4.78 is 12.9. The fraction of sp³-hybridized carbons (Fsp3) is 0.267. The fourth-order valence-corrected chi connectivity index (χ4v) is 3.00. The highest BCUT2D eigenvalue weighted by Crippen LogP contribution is 2.24. The average Bonchev–Trinajstić information content (AvgIpc) is 3.10. The van der Waals surface area contributed by atoms with Crippen LogP contribution in [0.1, 0.15) is 12.8 Å². The number of nitrogens with one attached hydrogen (secondary N) is 1. The van der Waals surface area contributed by atoms with Crippen molar-refractivity contribution in [1.82, 2.24) is 9.88 Å². The number of benzene rings is 1. The van der Waals surface area contributed by atoms with Gasteiger partial charge >= 0.3 is 0 Å². The summed E-state index contributed by atoms with van der Waals surface area (Å²) in [6.45, 7) is 0.816. The summed E-state index contributed by atoms with van der Waals surface area (Å²) in [5.74, 6) is -0.506. The number of anilines is 1. The summed E-state index contributed by atoms with van der Waals surface area (Å²) in [7, 11) is 0. The number of thiazole rings is 1. The lowest BCUT2D eigenvalue weighted by Crippen LogP contribution is -2.33. The maximum Gasteiger partial charge on any atom is 0.229 e. The molecule has 1 fully saturated rings. The molecular formula is C15H14FN3O2S. The van der Waals surface area contributed by atoms with Crippen LogP contribution in [-0.4, -0.2) is 34.8 Å². The lowest BCUT2D eigenvalue weighted by molar-refractivity contribution is -0.138. The van der Waals surface area contributed by atoms with Crippen molar-refractivity contribution in [2.45, 2.75) is 12.8 Å². The first-order valence-corrected chi connectivity index (χ1v) is 7.80. The maximum atomic E-state index is 12.9. The number of likely N-dealkylation sites (tertiary alicyclic amines) is 1. The van der Waals surface area contributed by atoms with E-state index in [1.807, 2.05) is 5.38 Å². The molecule has 114 valence electrons. The van der Waals surface area contributed by atoms with E-state index in [9.17, 15) is 14.0 Å². The average molecular weight is 319 g/mol. The van der Waals surface area contributed by atoms with Gasteiger partial charge in [0.05, 0.1) is 5.69 Å². The topological polar surface area (TPSA) is 62.3 Å². The fourth-order valence-electron chi connectivity index (χ4n) is 2.26. The normalized spacial score (nSPS) is 14.7. The highest BCUT2D eigenvalue weighted by molar-refractivity contribution is 7.14. The van der Waals surface area contributed by atoms with Crippen LogP contribution in [0.5, 0.6) is 0 Å². The third-order valence-electron chi connectivity index (χ3n) is 3.41. The second-order valence-corrected chi connectivity index (χ2v) is 5.77. The molecule has 7 heteroatoms. The lowest BCUT2D eigenvalue weighted by Gasteiger charge is -2.13. The summed E-state index contributed by atoms with van der Waals surface area (Å²) in [4.78, 5) is 28.6. The SMILES string of the molecule is O=C1CCC(=O)N1CCNc1nc(-c2ccc(F)cc2)cs1. The van der Waals surface area contributed by atoms with Gasteiger partial charge in [-0.3, -0.25) is 14.5 Å². The summed E-state index contributed by atoms with van der Waals surface area (Å²) in [5, 5.41) is 5.68. The molecule has 1 aromatic carbocycles. The summed E-state index contributed by atoms with van der Waals surface area (Å²) >= 11 is 1.43. The number of imide groups is 1. The maximum absolute atomic E-state index is 12.9. The van der Waals surface area contributed by atoms with Crippen LogP contribution in [0.4, 0.5) is 9.52 Å². The van der Waals surface area contributed by atoms with E-state index in [1.54, 1.807) is 12.1 Å². The van der Waals surface area contributed by atoms with Gasteiger partial charge in [-0.2, -0.15) is 0 Å². The highest BCUT2D eigenvalue weighted by Gasteiger charge is 2.28. The van der Waals surface area contributed by atoms with Crippen molar-refractivity contribution in [3.8, 4) is 11.3 Å². The molecule has 2 amide bonds. The van der Waals surface area contributed by atoms with Crippen molar-refractivity contribution in [3.63, 3.8) is 0 Å². The van der Waals surface area contributed by atoms with Crippen LogP contribution in [0.25, 0.3) is 11.3 Å². The standard InChI is InChI=1S/C15H14FN3O2S/c16-11-3-1-10(2-4-11)12-9-22-15(18-12)17-7-8-19-13(20)5-6-14(19)21/h1-4,9H,5-8H2,(H,17,18). The van der Waals surface area contributed by atoms with Gasteiger partial charge in [0, 0.05) is 36.9 Å². The Morgan fingerprint density at radius 1 is 1.18 bits per heavy atom.